The van der Waals surface area contributed by atoms with Crippen LogP contribution in [0, 0.1) is 0 Å². The smallest absolute Gasteiger partial charge is 0.0594 e. The first-order valence-electron chi connectivity index (χ1n) is 36.0. The molecule has 84 heavy (non-hydrogen) atoms. The fourth-order valence-corrected chi connectivity index (χ4v) is 15.0. The molecule has 0 aromatic carbocycles. The van der Waals surface area contributed by atoms with Crippen molar-refractivity contribution in [1.29, 1.82) is 0 Å². The largest absolute Gasteiger partial charge is 0.379 e. The number of hydrogen-bond donors (Lipinski definition) is 8. The van der Waals surface area contributed by atoms with E-state index >= 15 is 0 Å². The van der Waals surface area contributed by atoms with Crippen LogP contribution >= 0.6 is 0 Å². The number of nitrogens with one attached hydrogen (secondary N) is 8. The first-order valence-corrected chi connectivity index (χ1v) is 36.0. The molecule has 18 nitrogen and oxygen atoms in total. The Morgan fingerprint density at radius 3 is 0.821 bits per heavy atom. The van der Waals surface area contributed by atoms with Crippen molar-refractivity contribution in [3.63, 3.8) is 0 Å². The van der Waals surface area contributed by atoms with E-state index in [1.165, 1.54) is 298 Å². The molecule has 14 aliphatic rings. The summed E-state index contributed by atoms with van der Waals surface area (Å²) in [6.07, 6.45) is 30.5. The van der Waals surface area contributed by atoms with Gasteiger partial charge in [-0.25, -0.2) is 0 Å². The van der Waals surface area contributed by atoms with Gasteiger partial charge >= 0.3 is 0 Å². The molecule has 0 radical (unpaired) electrons. The lowest BCUT2D eigenvalue weighted by Crippen LogP contribution is -2.51. The van der Waals surface area contributed by atoms with Crippen LogP contribution in [0.25, 0.3) is 0 Å². The zero-order valence-electron chi connectivity index (χ0n) is 55.2. The zero-order chi connectivity index (χ0) is 58.5. The summed E-state index contributed by atoms with van der Waals surface area (Å²) >= 11 is 0. The molecule has 492 valence electrons. The number of morpholine rings is 2. The second-order valence-corrected chi connectivity index (χ2v) is 27.5. The molecule has 0 spiro atoms. The van der Waals surface area contributed by atoms with Crippen molar-refractivity contribution in [3.05, 3.63) is 0 Å². The predicted octanol–water partition coefficient (Wildman–Crippen LogP) is 3.30. The summed E-state index contributed by atoms with van der Waals surface area (Å²) < 4.78 is 10.6. The van der Waals surface area contributed by atoms with Gasteiger partial charge in [0.05, 0.1) is 26.4 Å². The summed E-state index contributed by atoms with van der Waals surface area (Å²) in [7, 11) is 8.63. The van der Waals surface area contributed by atoms with Gasteiger partial charge in [0.2, 0.25) is 0 Å². The van der Waals surface area contributed by atoms with E-state index in [-0.39, 0.29) is 0 Å². The lowest BCUT2D eigenvalue weighted by molar-refractivity contribution is 0.0116. The molecule has 14 aliphatic heterocycles. The summed E-state index contributed by atoms with van der Waals surface area (Å²) in [5.74, 6) is 0. The minimum atomic E-state index is 0.777. The van der Waals surface area contributed by atoms with Gasteiger partial charge in [0.25, 0.3) is 0 Å². The van der Waals surface area contributed by atoms with Crippen molar-refractivity contribution in [2.45, 2.75) is 190 Å². The van der Waals surface area contributed by atoms with Crippen molar-refractivity contribution in [2.24, 2.45) is 0 Å². The topological polar surface area (TPSA) is 141 Å². The summed E-state index contributed by atoms with van der Waals surface area (Å²) in [5, 5.41) is 27.3. The number of ether oxygens (including phenoxy) is 2. The molecule has 8 N–H and O–H groups in total. The van der Waals surface area contributed by atoms with Gasteiger partial charge in [-0.3, -0.25) is 24.5 Å². The van der Waals surface area contributed by atoms with E-state index in [0.29, 0.717) is 0 Å². The molecule has 0 aromatic rings. The van der Waals surface area contributed by atoms with Gasteiger partial charge in [-0.1, -0.05) is 6.42 Å². The molecule has 0 bridgehead atoms. The minimum absolute atomic E-state index is 0.777. The van der Waals surface area contributed by atoms with Crippen LogP contribution in [0.5, 0.6) is 0 Å². The molecule has 14 saturated heterocycles. The second-order valence-electron chi connectivity index (χ2n) is 27.5. The zero-order valence-corrected chi connectivity index (χ0v) is 55.2. The first kappa shape index (κ1) is 70.7. The molecule has 14 fully saturated rings. The lowest BCUT2D eigenvalue weighted by Gasteiger charge is -2.40. The Balaban J connectivity index is 0.000000138. The number of piperidine rings is 8. The van der Waals surface area contributed by atoms with Crippen LogP contribution in [0.15, 0.2) is 0 Å². The van der Waals surface area contributed by atoms with E-state index < -0.39 is 0 Å². The highest BCUT2D eigenvalue weighted by Crippen LogP contribution is 2.21. The van der Waals surface area contributed by atoms with Crippen molar-refractivity contribution in [3.8, 4) is 0 Å². The van der Waals surface area contributed by atoms with Gasteiger partial charge in [0, 0.05) is 114 Å². The fraction of sp³-hybridized carbons (Fsp3) is 1.00. The number of hydrogen-bond acceptors (Lipinski definition) is 18. The van der Waals surface area contributed by atoms with Crippen LogP contribution in [-0.4, -0.2) is 325 Å². The SMILES string of the molecule is C1CC(N2CCOCC2)CN1.C1CCN(C2CCCNC2)CC1.C1CN(C2CCNCC2)C1.C1CNCC(N2CCC2)C1.C1CNCC(N2CCCC2)C1.C1CNCC(N2CCOCC2)C1.CN(C)C1CCCNC1.CN(C)C1CCNCC1. The molecular weight excluding hydrogens is 1050 g/mol. The van der Waals surface area contributed by atoms with Crippen LogP contribution in [-0.2, 0) is 9.47 Å². The Kier molecular flexibility index (Phi) is 37.0. The lowest BCUT2D eigenvalue weighted by atomic mass is 10.0. The minimum Gasteiger partial charge on any atom is -0.379 e. The van der Waals surface area contributed by atoms with Gasteiger partial charge in [-0.05, 0) is 281 Å². The van der Waals surface area contributed by atoms with Gasteiger partial charge in [-0.2, -0.15) is 0 Å². The normalized spacial score (nSPS) is 31.9. The third kappa shape index (κ3) is 27.8. The van der Waals surface area contributed by atoms with Crippen LogP contribution in [0.1, 0.15) is 141 Å². The Morgan fingerprint density at radius 2 is 0.524 bits per heavy atom. The first-order chi connectivity index (χ1) is 41.4. The summed E-state index contributed by atoms with van der Waals surface area (Å²) in [5.41, 5.74) is 0. The van der Waals surface area contributed by atoms with E-state index in [2.05, 4.69) is 110 Å². The average Bonchev–Trinajstić information content (AvgIpc) is 4.43. The quantitative estimate of drug-likeness (QED) is 0.180. The highest BCUT2D eigenvalue weighted by molar-refractivity contribution is 4.86. The summed E-state index contributed by atoms with van der Waals surface area (Å²) in [6.45, 7) is 38.5. The standard InChI is InChI=1S/C10H20N2.C9H18N2O.C9H18N2.C8H16N2O.2C8H16N2.2C7H16N2/c1-2-7-12(8-3-1)10-5-4-6-11-9-10;1-2-9(8-10-3-1)11-4-6-12-7-5-11;1-2-7-11(6-1)9-4-3-5-10-8-9;1-2-9-7-8(1)10-3-5-11-6-4-10;1-6-10(7-1)8-2-4-9-5-3-8;1-3-8(7-9-4-1)10-5-2-6-10;1-9(2)7-3-5-8-6-4-7;1-9(2)7-4-3-5-8-6-7/h10-11H,1-9H2;9-10H,1-8H2;9-10H,1-8H2;8-9H,1-7H2;2*8-9H,1-7H2;2*7-8H,3-6H2,1-2H3. The molecule has 0 saturated carbocycles. The predicted molar refractivity (Wildman–Crippen MR) is 353 cm³/mol. The number of rotatable bonds is 8. The number of likely N-dealkylation sites (N-methyl/N-ethyl adjacent to an activating group) is 1. The summed E-state index contributed by atoms with van der Waals surface area (Å²) in [6, 6.07) is 6.70. The maximum atomic E-state index is 5.33. The van der Waals surface area contributed by atoms with Gasteiger partial charge in [-0.15, -0.1) is 0 Å². The van der Waals surface area contributed by atoms with Crippen LogP contribution in [0.4, 0.5) is 0 Å². The molecule has 0 aliphatic carbocycles. The number of likely N-dealkylation sites (tertiary alicyclic amines) is 4. The van der Waals surface area contributed by atoms with E-state index in [1.807, 2.05) is 0 Å². The maximum absolute atomic E-state index is 5.33. The van der Waals surface area contributed by atoms with E-state index in [4.69, 9.17) is 9.47 Å². The fourth-order valence-electron chi connectivity index (χ4n) is 15.0. The molecule has 18 heteroatoms. The highest BCUT2D eigenvalue weighted by atomic mass is 16.5. The van der Waals surface area contributed by atoms with Crippen molar-refractivity contribution in [1.82, 2.24) is 81.7 Å². The van der Waals surface area contributed by atoms with Crippen LogP contribution in [0.2, 0.25) is 0 Å². The molecule has 0 aromatic heterocycles. The van der Waals surface area contributed by atoms with Gasteiger partial charge in [0.15, 0.2) is 0 Å². The Morgan fingerprint density at radius 1 is 0.238 bits per heavy atom. The van der Waals surface area contributed by atoms with Gasteiger partial charge in [0.1, 0.15) is 0 Å². The Labute approximate surface area is 516 Å². The monoisotopic (exact) mass is 1190 g/mol. The highest BCUT2D eigenvalue weighted by Gasteiger charge is 2.28. The average molecular weight is 1190 g/mol. The molecule has 6 unspecified atom stereocenters. The number of nitrogens with zero attached hydrogens (tertiary/aromatic N) is 8. The van der Waals surface area contributed by atoms with E-state index in [9.17, 15) is 0 Å². The molecule has 14 heterocycles. The van der Waals surface area contributed by atoms with Gasteiger partial charge < -0.3 is 66.7 Å². The van der Waals surface area contributed by atoms with Crippen molar-refractivity contribution >= 4 is 0 Å². The molecule has 14 rings (SSSR count). The molecular formula is C66H136N16O2. The Hall–Kier alpha value is -0.720. The Bertz CT molecular complexity index is 1370. The molecule has 6 atom stereocenters. The van der Waals surface area contributed by atoms with E-state index in [0.717, 1.165) is 101 Å². The van der Waals surface area contributed by atoms with E-state index in [1.54, 1.807) is 0 Å². The maximum Gasteiger partial charge on any atom is 0.0594 e. The van der Waals surface area contributed by atoms with Crippen molar-refractivity contribution < 1.29 is 9.47 Å². The van der Waals surface area contributed by atoms with Crippen LogP contribution < -0.4 is 42.5 Å². The van der Waals surface area contributed by atoms with Crippen LogP contribution in [0.3, 0.4) is 0 Å². The third-order valence-corrected chi connectivity index (χ3v) is 21.0. The second kappa shape index (κ2) is 43.9. The molecule has 0 amide bonds. The third-order valence-electron chi connectivity index (χ3n) is 21.0. The van der Waals surface area contributed by atoms with Crippen molar-refractivity contribution in [2.75, 3.05) is 238 Å². The summed E-state index contributed by atoms with van der Waals surface area (Å²) in [4.78, 5) is 20.3.